The molecule has 7 nitrogen and oxygen atoms in total. The van der Waals surface area contributed by atoms with Gasteiger partial charge in [0.25, 0.3) is 0 Å². The van der Waals surface area contributed by atoms with Crippen LogP contribution >= 0.6 is 12.2 Å². The first kappa shape index (κ1) is 21.7. The monoisotopic (exact) mass is 427 g/mol. The van der Waals surface area contributed by atoms with Crippen LogP contribution in [0.2, 0.25) is 0 Å². The summed E-state index contributed by atoms with van der Waals surface area (Å²) in [6.07, 6.45) is -0.254. The predicted octanol–water partition coefficient (Wildman–Crippen LogP) is 1.93. The molecule has 0 bridgehead atoms. The fourth-order valence-corrected chi connectivity index (χ4v) is 3.82. The van der Waals surface area contributed by atoms with E-state index in [1.807, 2.05) is 42.5 Å². The van der Waals surface area contributed by atoms with Crippen molar-refractivity contribution < 1.29 is 19.1 Å². The van der Waals surface area contributed by atoms with E-state index in [-0.39, 0.29) is 35.9 Å². The number of benzene rings is 2. The van der Waals surface area contributed by atoms with Gasteiger partial charge in [0.05, 0.1) is 18.9 Å². The van der Waals surface area contributed by atoms with Gasteiger partial charge in [0.2, 0.25) is 11.8 Å². The molecule has 2 aromatic carbocycles. The molecule has 0 aromatic heterocycles. The van der Waals surface area contributed by atoms with Crippen LogP contribution in [0.3, 0.4) is 0 Å². The predicted molar refractivity (Wildman–Crippen MR) is 118 cm³/mol. The molecule has 8 heteroatoms. The minimum Gasteiger partial charge on any atom is -0.463 e. The maximum absolute atomic E-state index is 12.6. The van der Waals surface area contributed by atoms with E-state index in [9.17, 15) is 14.4 Å². The Morgan fingerprint density at radius 2 is 1.97 bits per heavy atom. The molecule has 0 spiro atoms. The molecule has 1 unspecified atom stereocenters. The topological polar surface area (TPSA) is 87.7 Å². The summed E-state index contributed by atoms with van der Waals surface area (Å²) in [7, 11) is 0. The summed E-state index contributed by atoms with van der Waals surface area (Å²) >= 11 is 5.39. The fraction of sp³-hybridized carbons (Fsp3) is 0.364. The minimum atomic E-state index is -0.810. The number of ether oxygens (including phenoxy) is 1. The number of amides is 2. The first-order valence-electron chi connectivity index (χ1n) is 9.89. The van der Waals surface area contributed by atoms with Crippen molar-refractivity contribution in [1.82, 2.24) is 15.5 Å². The quantitative estimate of drug-likeness (QED) is 0.560. The molecule has 158 valence electrons. The van der Waals surface area contributed by atoms with Crippen LogP contribution in [0, 0.1) is 0 Å². The highest BCUT2D eigenvalue weighted by atomic mass is 32.1. The van der Waals surface area contributed by atoms with Crippen molar-refractivity contribution in [3.8, 4) is 0 Å². The zero-order valence-corrected chi connectivity index (χ0v) is 17.8. The Morgan fingerprint density at radius 3 is 2.73 bits per heavy atom. The Bertz CT molecular complexity index is 971. The number of nitrogens with zero attached hydrogens (tertiary/aromatic N) is 1. The van der Waals surface area contributed by atoms with Gasteiger partial charge >= 0.3 is 5.97 Å². The van der Waals surface area contributed by atoms with Gasteiger partial charge in [-0.25, -0.2) is 0 Å². The molecular formula is C22H25N3O4S. The van der Waals surface area contributed by atoms with Crippen molar-refractivity contribution in [3.05, 3.63) is 48.0 Å². The van der Waals surface area contributed by atoms with Crippen LogP contribution in [-0.2, 0) is 25.5 Å². The molecule has 0 radical (unpaired) electrons. The highest BCUT2D eigenvalue weighted by molar-refractivity contribution is 7.80. The first-order valence-corrected chi connectivity index (χ1v) is 10.3. The molecule has 1 aliphatic rings. The normalized spacial score (nSPS) is 16.3. The number of rotatable bonds is 5. The van der Waals surface area contributed by atoms with Crippen molar-refractivity contribution in [3.63, 3.8) is 0 Å². The lowest BCUT2D eigenvalue weighted by atomic mass is 10.0. The van der Waals surface area contributed by atoms with E-state index in [0.717, 1.165) is 16.3 Å². The highest BCUT2D eigenvalue weighted by Gasteiger charge is 2.34. The Hall–Kier alpha value is -3.00. The van der Waals surface area contributed by atoms with E-state index >= 15 is 0 Å². The van der Waals surface area contributed by atoms with Crippen LogP contribution in [0.25, 0.3) is 10.8 Å². The molecule has 1 fully saturated rings. The number of thiocarbonyl (C=S) groups is 1. The average Bonchev–Trinajstić information content (AvgIpc) is 2.69. The van der Waals surface area contributed by atoms with Crippen molar-refractivity contribution in [2.45, 2.75) is 38.8 Å². The molecule has 2 amide bonds. The Morgan fingerprint density at radius 1 is 1.23 bits per heavy atom. The molecule has 1 saturated heterocycles. The first-order chi connectivity index (χ1) is 14.3. The fourth-order valence-electron chi connectivity index (χ4n) is 3.48. The molecule has 1 aliphatic heterocycles. The van der Waals surface area contributed by atoms with E-state index in [0.29, 0.717) is 13.1 Å². The van der Waals surface area contributed by atoms with Gasteiger partial charge in [-0.3, -0.25) is 14.4 Å². The van der Waals surface area contributed by atoms with Gasteiger partial charge in [0.15, 0.2) is 5.11 Å². The Balaban J connectivity index is 1.67. The van der Waals surface area contributed by atoms with Crippen molar-refractivity contribution >= 4 is 45.9 Å². The second-order valence-corrected chi connectivity index (χ2v) is 7.80. The number of hydrogen-bond donors (Lipinski definition) is 2. The minimum absolute atomic E-state index is 0.136. The molecule has 2 N–H and O–H groups in total. The maximum Gasteiger partial charge on any atom is 0.308 e. The van der Waals surface area contributed by atoms with Gasteiger partial charge in [0, 0.05) is 13.1 Å². The maximum atomic E-state index is 12.6. The summed E-state index contributed by atoms with van der Waals surface area (Å²) in [5, 5.41) is 7.64. The van der Waals surface area contributed by atoms with Crippen LogP contribution in [0.15, 0.2) is 42.5 Å². The second kappa shape index (κ2) is 9.67. The number of carbonyl (C=O) groups excluding carboxylic acids is 3. The number of hydrogen-bond acceptors (Lipinski definition) is 5. The van der Waals surface area contributed by atoms with Crippen molar-refractivity contribution in [2.24, 2.45) is 0 Å². The van der Waals surface area contributed by atoms with Crippen molar-refractivity contribution in [1.29, 1.82) is 0 Å². The Labute approximate surface area is 180 Å². The van der Waals surface area contributed by atoms with Gasteiger partial charge in [-0.2, -0.15) is 0 Å². The number of carbonyl (C=O) groups is 3. The zero-order valence-electron chi connectivity index (χ0n) is 17.0. The lowest BCUT2D eigenvalue weighted by Gasteiger charge is -2.36. The van der Waals surface area contributed by atoms with Gasteiger partial charge < -0.3 is 20.3 Å². The SMILES string of the molecule is CC(C)OC(=O)CC1C(=O)NCCN1C(=S)NC(=O)Cc1cccc2ccccc12. The van der Waals surface area contributed by atoms with Gasteiger partial charge in [0.1, 0.15) is 6.04 Å². The average molecular weight is 428 g/mol. The summed E-state index contributed by atoms with van der Waals surface area (Å²) < 4.78 is 5.15. The third-order valence-corrected chi connectivity index (χ3v) is 5.13. The Kier molecular flexibility index (Phi) is 6.99. The molecule has 1 atom stereocenters. The number of esters is 1. The van der Waals surface area contributed by atoms with Crippen molar-refractivity contribution in [2.75, 3.05) is 13.1 Å². The number of nitrogens with one attached hydrogen (secondary N) is 2. The summed E-state index contributed by atoms with van der Waals surface area (Å²) in [6.45, 7) is 4.27. The van der Waals surface area contributed by atoms with Gasteiger partial charge in [-0.05, 0) is 42.4 Å². The van der Waals surface area contributed by atoms with Crippen LogP contribution in [0.1, 0.15) is 25.8 Å². The summed E-state index contributed by atoms with van der Waals surface area (Å²) in [5.41, 5.74) is 0.891. The van der Waals surface area contributed by atoms with E-state index in [4.69, 9.17) is 17.0 Å². The third-order valence-electron chi connectivity index (χ3n) is 4.80. The van der Waals surface area contributed by atoms with Crippen LogP contribution < -0.4 is 10.6 Å². The van der Waals surface area contributed by atoms with Crippen LogP contribution in [-0.4, -0.2) is 53.0 Å². The van der Waals surface area contributed by atoms with Crippen LogP contribution in [0.4, 0.5) is 0 Å². The highest BCUT2D eigenvalue weighted by Crippen LogP contribution is 2.19. The number of piperazine rings is 1. The van der Waals surface area contributed by atoms with Gasteiger partial charge in [-0.15, -0.1) is 0 Å². The second-order valence-electron chi connectivity index (χ2n) is 7.41. The molecule has 2 aromatic rings. The van der Waals surface area contributed by atoms with E-state index in [2.05, 4.69) is 10.6 Å². The zero-order chi connectivity index (χ0) is 21.7. The molecule has 0 saturated carbocycles. The largest absolute Gasteiger partial charge is 0.463 e. The van der Waals surface area contributed by atoms with E-state index in [1.165, 1.54) is 0 Å². The summed E-state index contributed by atoms with van der Waals surface area (Å²) in [5.74, 6) is -1.07. The molecular weight excluding hydrogens is 402 g/mol. The van der Waals surface area contributed by atoms with Crippen LogP contribution in [0.5, 0.6) is 0 Å². The lowest BCUT2D eigenvalue weighted by Crippen LogP contribution is -2.60. The lowest BCUT2D eigenvalue weighted by molar-refractivity contribution is -0.150. The summed E-state index contributed by atoms with van der Waals surface area (Å²) in [4.78, 5) is 38.6. The summed E-state index contributed by atoms with van der Waals surface area (Å²) in [6, 6.07) is 12.9. The van der Waals surface area contributed by atoms with E-state index < -0.39 is 12.0 Å². The number of fused-ring (bicyclic) bond motifs is 1. The molecule has 30 heavy (non-hydrogen) atoms. The smallest absolute Gasteiger partial charge is 0.308 e. The standard InChI is InChI=1S/C22H25N3O4S/c1-14(2)29-20(27)13-18-21(28)23-10-11-25(18)22(30)24-19(26)12-16-8-5-7-15-6-3-4-9-17(15)16/h3-9,14,18H,10-13H2,1-2H3,(H,23,28)(H,24,26,30). The molecule has 0 aliphatic carbocycles. The third kappa shape index (κ3) is 5.33. The van der Waals surface area contributed by atoms with E-state index in [1.54, 1.807) is 18.7 Å². The molecule has 1 heterocycles. The molecule has 3 rings (SSSR count). The van der Waals surface area contributed by atoms with Gasteiger partial charge in [-0.1, -0.05) is 42.5 Å².